The van der Waals surface area contributed by atoms with Gasteiger partial charge in [-0.25, -0.2) is 4.68 Å². The van der Waals surface area contributed by atoms with E-state index in [2.05, 4.69) is 45.4 Å². The van der Waals surface area contributed by atoms with Gasteiger partial charge >= 0.3 is 0 Å². The van der Waals surface area contributed by atoms with E-state index in [1.54, 1.807) is 14.2 Å². The van der Waals surface area contributed by atoms with Gasteiger partial charge in [0.05, 0.1) is 20.3 Å². The summed E-state index contributed by atoms with van der Waals surface area (Å²) < 4.78 is 12.7. The van der Waals surface area contributed by atoms with Gasteiger partial charge in [-0.1, -0.05) is 19.4 Å². The molecule has 2 aromatic rings. The summed E-state index contributed by atoms with van der Waals surface area (Å²) in [4.78, 5) is 4.90. The van der Waals surface area contributed by atoms with Crippen LogP contribution in [0.25, 0.3) is 0 Å². The molecular weight excluding hydrogens is 356 g/mol. The number of methoxy groups -OCH3 is 2. The predicted molar refractivity (Wildman–Crippen MR) is 108 cm³/mol. The number of hydrogen-bond donors (Lipinski definition) is 0. The maximum atomic E-state index is 5.41. The predicted octanol–water partition coefficient (Wildman–Crippen LogP) is 2.02. The van der Waals surface area contributed by atoms with E-state index in [1.165, 1.54) is 5.56 Å². The minimum absolute atomic E-state index is 0.277. The second-order valence-electron chi connectivity index (χ2n) is 7.34. The number of rotatable bonds is 9. The molecule has 1 aliphatic rings. The lowest BCUT2D eigenvalue weighted by molar-refractivity contribution is 0.0994. The van der Waals surface area contributed by atoms with E-state index < -0.39 is 0 Å². The number of aryl methyl sites for hydroxylation is 2. The SMILES string of the molecule is CCC[C@@H](c1nnnn1CCc1ccc(OC)c(OC)c1)N1CCN(C)CC1. The molecule has 28 heavy (non-hydrogen) atoms. The third kappa shape index (κ3) is 4.80. The molecular formula is C20H32N6O2. The highest BCUT2D eigenvalue weighted by molar-refractivity contribution is 5.42. The van der Waals surface area contributed by atoms with Gasteiger partial charge in [0.1, 0.15) is 0 Å². The number of benzene rings is 1. The first kappa shape index (κ1) is 20.5. The Kier molecular flexibility index (Phi) is 7.22. The van der Waals surface area contributed by atoms with Crippen LogP contribution in [0.4, 0.5) is 0 Å². The molecule has 3 rings (SSSR count). The van der Waals surface area contributed by atoms with Crippen LogP contribution in [0.3, 0.4) is 0 Å². The quantitative estimate of drug-likeness (QED) is 0.651. The van der Waals surface area contributed by atoms with Gasteiger partial charge in [-0.15, -0.1) is 5.10 Å². The molecule has 8 heteroatoms. The molecule has 1 aliphatic heterocycles. The topological polar surface area (TPSA) is 68.5 Å². The van der Waals surface area contributed by atoms with Crippen LogP contribution in [-0.2, 0) is 13.0 Å². The largest absolute Gasteiger partial charge is 0.493 e. The van der Waals surface area contributed by atoms with E-state index in [0.29, 0.717) is 0 Å². The Labute approximate surface area is 167 Å². The standard InChI is InChI=1S/C20H32N6O2/c1-5-6-17(25-13-11-24(2)12-14-25)20-21-22-23-26(20)10-9-16-7-8-18(27-3)19(15-16)28-4/h7-8,15,17H,5-6,9-14H2,1-4H3/t17-/m0/s1. The van der Waals surface area contributed by atoms with Crippen LogP contribution >= 0.6 is 0 Å². The molecule has 154 valence electrons. The van der Waals surface area contributed by atoms with Crippen LogP contribution in [0.15, 0.2) is 18.2 Å². The fourth-order valence-electron chi connectivity index (χ4n) is 3.76. The summed E-state index contributed by atoms with van der Waals surface area (Å²) in [5.41, 5.74) is 1.17. The number of aromatic nitrogens is 4. The Balaban J connectivity index is 1.71. The van der Waals surface area contributed by atoms with Gasteiger partial charge < -0.3 is 14.4 Å². The van der Waals surface area contributed by atoms with Gasteiger partial charge in [0.2, 0.25) is 0 Å². The van der Waals surface area contributed by atoms with E-state index in [1.807, 2.05) is 16.8 Å². The molecule has 1 saturated heterocycles. The van der Waals surface area contributed by atoms with Crippen molar-refractivity contribution in [2.45, 2.75) is 38.8 Å². The lowest BCUT2D eigenvalue weighted by Gasteiger charge is -2.37. The van der Waals surface area contributed by atoms with Crippen molar-refractivity contribution in [3.63, 3.8) is 0 Å². The van der Waals surface area contributed by atoms with Crippen LogP contribution in [0.5, 0.6) is 11.5 Å². The zero-order valence-electron chi connectivity index (χ0n) is 17.5. The van der Waals surface area contributed by atoms with E-state index in [0.717, 1.165) is 69.3 Å². The molecule has 0 unspecified atom stereocenters. The summed E-state index contributed by atoms with van der Waals surface area (Å²) >= 11 is 0. The average molecular weight is 389 g/mol. The maximum Gasteiger partial charge on any atom is 0.168 e. The fourth-order valence-corrected chi connectivity index (χ4v) is 3.76. The van der Waals surface area contributed by atoms with E-state index in [4.69, 9.17) is 9.47 Å². The van der Waals surface area contributed by atoms with Gasteiger partial charge in [-0.3, -0.25) is 4.90 Å². The van der Waals surface area contributed by atoms with E-state index in [9.17, 15) is 0 Å². The molecule has 0 N–H and O–H groups in total. The molecule has 8 nitrogen and oxygen atoms in total. The van der Waals surface area contributed by atoms with E-state index in [-0.39, 0.29) is 6.04 Å². The molecule has 0 saturated carbocycles. The van der Waals surface area contributed by atoms with Crippen LogP contribution in [0.1, 0.15) is 37.2 Å². The van der Waals surface area contributed by atoms with Crippen molar-refractivity contribution in [3.8, 4) is 11.5 Å². The second kappa shape index (κ2) is 9.84. The zero-order chi connectivity index (χ0) is 19.9. The molecule has 0 amide bonds. The number of piperazine rings is 1. The van der Waals surface area contributed by atoms with Crippen LogP contribution in [0.2, 0.25) is 0 Å². The molecule has 2 heterocycles. The second-order valence-corrected chi connectivity index (χ2v) is 7.34. The van der Waals surface area contributed by atoms with Crippen molar-refractivity contribution in [1.82, 2.24) is 30.0 Å². The Morgan fingerprint density at radius 1 is 1.07 bits per heavy atom. The van der Waals surface area contributed by atoms with Crippen molar-refractivity contribution < 1.29 is 9.47 Å². The first-order chi connectivity index (χ1) is 13.7. The average Bonchev–Trinajstić information content (AvgIpc) is 3.19. The molecule has 0 radical (unpaired) electrons. The lowest BCUT2D eigenvalue weighted by Crippen LogP contribution is -2.46. The molecule has 0 spiro atoms. The highest BCUT2D eigenvalue weighted by atomic mass is 16.5. The first-order valence-corrected chi connectivity index (χ1v) is 10.1. The summed E-state index contributed by atoms with van der Waals surface area (Å²) in [6.45, 7) is 7.26. The van der Waals surface area contributed by atoms with Crippen molar-refractivity contribution in [2.75, 3.05) is 47.4 Å². The number of nitrogens with zero attached hydrogens (tertiary/aromatic N) is 6. The number of likely N-dealkylation sites (N-methyl/N-ethyl adjacent to an activating group) is 1. The minimum atomic E-state index is 0.277. The van der Waals surface area contributed by atoms with Crippen molar-refractivity contribution >= 4 is 0 Å². The minimum Gasteiger partial charge on any atom is -0.493 e. The van der Waals surface area contributed by atoms with E-state index >= 15 is 0 Å². The summed E-state index contributed by atoms with van der Waals surface area (Å²) in [7, 11) is 5.49. The Hall–Kier alpha value is -2.19. The monoisotopic (exact) mass is 388 g/mol. The van der Waals surface area contributed by atoms with Crippen molar-refractivity contribution in [3.05, 3.63) is 29.6 Å². The highest BCUT2D eigenvalue weighted by Gasteiger charge is 2.27. The zero-order valence-corrected chi connectivity index (χ0v) is 17.5. The van der Waals surface area contributed by atoms with Crippen LogP contribution in [0, 0.1) is 0 Å². The van der Waals surface area contributed by atoms with Gasteiger partial charge in [0.15, 0.2) is 17.3 Å². The van der Waals surface area contributed by atoms with Crippen molar-refractivity contribution in [2.24, 2.45) is 0 Å². The lowest BCUT2D eigenvalue weighted by atomic mass is 10.1. The molecule has 1 aromatic heterocycles. The summed E-state index contributed by atoms with van der Waals surface area (Å²) in [5, 5.41) is 12.7. The Bertz CT molecular complexity index is 742. The van der Waals surface area contributed by atoms with Crippen LogP contribution in [-0.4, -0.2) is 77.5 Å². The van der Waals surface area contributed by atoms with Crippen LogP contribution < -0.4 is 9.47 Å². The molecule has 0 aliphatic carbocycles. The Morgan fingerprint density at radius 2 is 1.82 bits per heavy atom. The van der Waals surface area contributed by atoms with Gasteiger partial charge in [0.25, 0.3) is 0 Å². The number of tetrazole rings is 1. The number of ether oxygens (including phenoxy) is 2. The molecule has 0 bridgehead atoms. The number of hydrogen-bond acceptors (Lipinski definition) is 7. The third-order valence-electron chi connectivity index (χ3n) is 5.46. The van der Waals surface area contributed by atoms with Crippen molar-refractivity contribution in [1.29, 1.82) is 0 Å². The summed E-state index contributed by atoms with van der Waals surface area (Å²) in [5.74, 6) is 2.47. The molecule has 1 aromatic carbocycles. The smallest absolute Gasteiger partial charge is 0.168 e. The summed E-state index contributed by atoms with van der Waals surface area (Å²) in [6, 6.07) is 6.31. The summed E-state index contributed by atoms with van der Waals surface area (Å²) in [6.07, 6.45) is 3.01. The Morgan fingerprint density at radius 3 is 2.50 bits per heavy atom. The first-order valence-electron chi connectivity index (χ1n) is 10.1. The van der Waals surface area contributed by atoms with Gasteiger partial charge in [0, 0.05) is 32.7 Å². The van der Waals surface area contributed by atoms with Gasteiger partial charge in [-0.2, -0.15) is 0 Å². The third-order valence-corrected chi connectivity index (χ3v) is 5.46. The molecule has 1 atom stereocenters. The highest BCUT2D eigenvalue weighted by Crippen LogP contribution is 2.28. The molecule has 1 fully saturated rings. The fraction of sp³-hybridized carbons (Fsp3) is 0.650. The maximum absolute atomic E-state index is 5.41. The van der Waals surface area contributed by atoms with Gasteiger partial charge in [-0.05, 0) is 48.0 Å². The normalized spacial score (nSPS) is 16.9.